The molecule has 0 aromatic heterocycles. The average Bonchev–Trinajstić information content (AvgIpc) is 2.04. The minimum Gasteiger partial charge on any atom is -0.378 e. The van der Waals surface area contributed by atoms with Crippen LogP contribution in [0.1, 0.15) is 0 Å². The van der Waals surface area contributed by atoms with Gasteiger partial charge in [-0.3, -0.25) is 0 Å². The Balaban J connectivity index is 2.96. The lowest BCUT2D eigenvalue weighted by atomic mass is 10.2. The van der Waals surface area contributed by atoms with Crippen molar-refractivity contribution < 1.29 is 0 Å². The first-order chi connectivity index (χ1) is 5.61. The number of nitrogens with zero attached hydrogens (tertiary/aromatic N) is 2. The van der Waals surface area contributed by atoms with Gasteiger partial charge in [0.15, 0.2) is 0 Å². The van der Waals surface area contributed by atoms with E-state index in [1.165, 1.54) is 11.4 Å². The highest BCUT2D eigenvalue weighted by molar-refractivity contribution is 5.57. The monoisotopic (exact) mass is 163 g/mol. The van der Waals surface area contributed by atoms with Crippen molar-refractivity contribution in [3.63, 3.8) is 0 Å². The Morgan fingerprint density at radius 2 is 1.33 bits per heavy atom. The van der Waals surface area contributed by atoms with E-state index in [2.05, 4.69) is 21.9 Å². The van der Waals surface area contributed by atoms with Gasteiger partial charge in [0.05, 0.1) is 0 Å². The van der Waals surface area contributed by atoms with Crippen LogP contribution in [-0.2, 0) is 0 Å². The first kappa shape index (κ1) is 8.91. The maximum atomic E-state index is 3.11. The molecule has 0 amide bonds. The zero-order chi connectivity index (χ0) is 9.14. The topological polar surface area (TPSA) is 6.48 Å². The maximum absolute atomic E-state index is 3.11. The van der Waals surface area contributed by atoms with E-state index in [-0.39, 0.29) is 0 Å². The second-order valence-electron chi connectivity index (χ2n) is 3.24. The summed E-state index contributed by atoms with van der Waals surface area (Å²) >= 11 is 0. The number of anilines is 2. The van der Waals surface area contributed by atoms with Crippen LogP contribution in [0.5, 0.6) is 0 Å². The summed E-state index contributed by atoms with van der Waals surface area (Å²) in [4.78, 5) is 4.15. The Morgan fingerprint density at radius 3 is 1.67 bits per heavy atom. The molecular weight excluding hydrogens is 148 g/mol. The lowest BCUT2D eigenvalue weighted by Gasteiger charge is -2.17. The fourth-order valence-corrected chi connectivity index (χ4v) is 0.964. The zero-order valence-electron chi connectivity index (χ0n) is 8.13. The second-order valence-corrected chi connectivity index (χ2v) is 3.24. The van der Waals surface area contributed by atoms with Crippen molar-refractivity contribution >= 4 is 11.4 Å². The molecule has 0 bridgehead atoms. The molecule has 0 heterocycles. The fraction of sp³-hybridized carbons (Fsp3) is 0.400. The van der Waals surface area contributed by atoms with Crippen LogP contribution >= 0.6 is 0 Å². The minimum absolute atomic E-state index is 1.18. The lowest BCUT2D eigenvalue weighted by molar-refractivity contribution is 1.10. The molecule has 0 aliphatic heterocycles. The molecule has 1 radical (unpaired) electrons. The highest BCUT2D eigenvalue weighted by Crippen LogP contribution is 2.18. The summed E-state index contributed by atoms with van der Waals surface area (Å²) in [5, 5.41) is 0. The molecule has 0 fully saturated rings. The molecular formula is C10H15N2. The van der Waals surface area contributed by atoms with Crippen LogP contribution in [0.4, 0.5) is 11.4 Å². The van der Waals surface area contributed by atoms with Gasteiger partial charge in [-0.2, -0.15) is 0 Å². The molecule has 12 heavy (non-hydrogen) atoms. The molecule has 1 rings (SSSR count). The van der Waals surface area contributed by atoms with Crippen molar-refractivity contribution in [3.8, 4) is 0 Å². The summed E-state index contributed by atoms with van der Waals surface area (Å²) in [7, 11) is 8.12. The largest absolute Gasteiger partial charge is 0.378 e. The molecule has 2 heteroatoms. The lowest BCUT2D eigenvalue weighted by Crippen LogP contribution is -2.12. The van der Waals surface area contributed by atoms with Gasteiger partial charge in [-0.05, 0) is 24.3 Å². The van der Waals surface area contributed by atoms with Gasteiger partial charge < -0.3 is 9.80 Å². The number of hydrogen-bond donors (Lipinski definition) is 0. The molecule has 0 unspecified atom stereocenters. The smallest absolute Gasteiger partial charge is 0.0388 e. The van der Waals surface area contributed by atoms with E-state index in [9.17, 15) is 0 Å². The van der Waals surface area contributed by atoms with E-state index in [1.54, 1.807) is 0 Å². The first-order valence-electron chi connectivity index (χ1n) is 3.97. The van der Waals surface area contributed by atoms with E-state index in [1.807, 2.05) is 40.3 Å². The van der Waals surface area contributed by atoms with Gasteiger partial charge in [-0.15, -0.1) is 0 Å². The third-order valence-electron chi connectivity index (χ3n) is 1.79. The van der Waals surface area contributed by atoms with Crippen molar-refractivity contribution in [2.24, 2.45) is 0 Å². The van der Waals surface area contributed by atoms with Crippen LogP contribution < -0.4 is 9.80 Å². The van der Waals surface area contributed by atoms with Crippen LogP contribution in [0.15, 0.2) is 18.2 Å². The van der Waals surface area contributed by atoms with E-state index in [0.717, 1.165) is 0 Å². The van der Waals surface area contributed by atoms with Gasteiger partial charge in [0, 0.05) is 39.6 Å². The number of benzene rings is 1. The van der Waals surface area contributed by atoms with E-state index >= 15 is 0 Å². The van der Waals surface area contributed by atoms with Crippen LogP contribution in [-0.4, -0.2) is 28.2 Å². The summed E-state index contributed by atoms with van der Waals surface area (Å²) in [6, 6.07) is 9.20. The van der Waals surface area contributed by atoms with Crippen molar-refractivity contribution in [2.75, 3.05) is 38.0 Å². The highest BCUT2D eigenvalue weighted by atomic mass is 15.1. The minimum atomic E-state index is 1.18. The summed E-state index contributed by atoms with van der Waals surface area (Å²) in [5.41, 5.74) is 2.36. The quantitative estimate of drug-likeness (QED) is 0.653. The SMILES string of the molecule is CN(C)c1c[c]cc(N(C)C)c1. The Labute approximate surface area is 74.4 Å². The van der Waals surface area contributed by atoms with Crippen LogP contribution in [0.2, 0.25) is 0 Å². The molecule has 0 aliphatic carbocycles. The third kappa shape index (κ3) is 1.91. The molecule has 2 nitrogen and oxygen atoms in total. The number of hydrogen-bond acceptors (Lipinski definition) is 2. The molecule has 0 atom stereocenters. The molecule has 1 aromatic carbocycles. The van der Waals surface area contributed by atoms with Gasteiger partial charge in [0.25, 0.3) is 0 Å². The summed E-state index contributed by atoms with van der Waals surface area (Å²) in [5.74, 6) is 0. The maximum Gasteiger partial charge on any atom is 0.0388 e. The molecule has 65 valence electrons. The van der Waals surface area contributed by atoms with Crippen molar-refractivity contribution in [2.45, 2.75) is 0 Å². The average molecular weight is 163 g/mol. The predicted octanol–water partition coefficient (Wildman–Crippen LogP) is 1.62. The van der Waals surface area contributed by atoms with Crippen molar-refractivity contribution in [1.29, 1.82) is 0 Å². The molecule has 0 saturated carbocycles. The summed E-state index contributed by atoms with van der Waals surface area (Å²) in [6.45, 7) is 0. The van der Waals surface area contributed by atoms with Gasteiger partial charge >= 0.3 is 0 Å². The van der Waals surface area contributed by atoms with Gasteiger partial charge in [0.1, 0.15) is 0 Å². The second kappa shape index (κ2) is 3.48. The van der Waals surface area contributed by atoms with E-state index in [4.69, 9.17) is 0 Å². The van der Waals surface area contributed by atoms with E-state index < -0.39 is 0 Å². The molecule has 0 N–H and O–H groups in total. The van der Waals surface area contributed by atoms with Crippen molar-refractivity contribution in [3.05, 3.63) is 24.3 Å². The highest BCUT2D eigenvalue weighted by Gasteiger charge is 1.98. The third-order valence-corrected chi connectivity index (χ3v) is 1.79. The molecule has 0 spiro atoms. The zero-order valence-corrected chi connectivity index (χ0v) is 8.13. The Bertz CT molecular complexity index is 231. The fourth-order valence-electron chi connectivity index (χ4n) is 0.964. The van der Waals surface area contributed by atoms with Crippen LogP contribution in [0, 0.1) is 6.07 Å². The first-order valence-corrected chi connectivity index (χ1v) is 3.97. The summed E-state index contributed by atoms with van der Waals surface area (Å²) < 4.78 is 0. The molecule has 1 aromatic rings. The number of rotatable bonds is 2. The Kier molecular flexibility index (Phi) is 2.58. The van der Waals surface area contributed by atoms with Crippen molar-refractivity contribution in [1.82, 2.24) is 0 Å². The van der Waals surface area contributed by atoms with Gasteiger partial charge in [-0.25, -0.2) is 0 Å². The predicted molar refractivity (Wildman–Crippen MR) is 53.9 cm³/mol. The molecule has 0 aliphatic rings. The van der Waals surface area contributed by atoms with Crippen LogP contribution in [0.3, 0.4) is 0 Å². The van der Waals surface area contributed by atoms with Gasteiger partial charge in [-0.1, -0.05) is 0 Å². The molecule has 0 saturated heterocycles. The summed E-state index contributed by atoms with van der Waals surface area (Å²) in [6.07, 6.45) is 0. The van der Waals surface area contributed by atoms with Crippen LogP contribution in [0.25, 0.3) is 0 Å². The standard InChI is InChI=1S/C10H15N2/c1-11(2)9-6-5-7-10(8-9)12(3)4/h6-8H,1-4H3. The van der Waals surface area contributed by atoms with Gasteiger partial charge in [0.2, 0.25) is 0 Å². The normalized spacial score (nSPS) is 9.67. The Morgan fingerprint density at radius 1 is 0.917 bits per heavy atom. The Hall–Kier alpha value is -1.18. The van der Waals surface area contributed by atoms with E-state index in [0.29, 0.717) is 0 Å².